The molecule has 2 aromatic rings. The smallest absolute Gasteiger partial charge is 0.143 e. The number of rotatable bonds is 1. The van der Waals surface area contributed by atoms with Crippen molar-refractivity contribution in [3.8, 4) is 11.4 Å². The second kappa shape index (κ2) is 3.56. The number of phenolic OH excluding ortho intramolecular Hbond substituents is 1. The molecular weight excluding hydrogens is 202 g/mol. The molecule has 1 heterocycles. The average Bonchev–Trinajstić information content (AvgIpc) is 2.46. The van der Waals surface area contributed by atoms with Gasteiger partial charge in [0.2, 0.25) is 0 Å². The van der Waals surface area contributed by atoms with E-state index in [4.69, 9.17) is 5.73 Å². The van der Waals surface area contributed by atoms with E-state index in [1.807, 2.05) is 20.8 Å². The number of anilines is 1. The SMILES string of the molecule is Cc1nn(-c2ccc(N)cc2O)c(C)c1C. The van der Waals surface area contributed by atoms with Crippen LogP contribution in [0.3, 0.4) is 0 Å². The van der Waals surface area contributed by atoms with E-state index in [0.29, 0.717) is 11.4 Å². The molecule has 0 spiro atoms. The Morgan fingerprint density at radius 2 is 1.94 bits per heavy atom. The number of nitrogen functional groups attached to an aromatic ring is 1. The highest BCUT2D eigenvalue weighted by Crippen LogP contribution is 2.26. The van der Waals surface area contributed by atoms with Gasteiger partial charge in [-0.3, -0.25) is 0 Å². The number of aromatic nitrogens is 2. The minimum atomic E-state index is 0.144. The monoisotopic (exact) mass is 217 g/mol. The van der Waals surface area contributed by atoms with E-state index in [1.165, 1.54) is 6.07 Å². The molecule has 84 valence electrons. The van der Waals surface area contributed by atoms with E-state index in [1.54, 1.807) is 16.8 Å². The van der Waals surface area contributed by atoms with Crippen LogP contribution >= 0.6 is 0 Å². The number of benzene rings is 1. The second-order valence-electron chi connectivity index (χ2n) is 3.96. The molecule has 4 heteroatoms. The summed E-state index contributed by atoms with van der Waals surface area (Å²) < 4.78 is 1.74. The fourth-order valence-corrected chi connectivity index (χ4v) is 1.67. The van der Waals surface area contributed by atoms with Crippen molar-refractivity contribution in [3.63, 3.8) is 0 Å². The number of hydrogen-bond donors (Lipinski definition) is 2. The van der Waals surface area contributed by atoms with Crippen molar-refractivity contribution in [2.45, 2.75) is 20.8 Å². The molecule has 1 aromatic carbocycles. The second-order valence-corrected chi connectivity index (χ2v) is 3.96. The van der Waals surface area contributed by atoms with E-state index in [9.17, 15) is 5.11 Å². The molecule has 3 N–H and O–H groups in total. The number of nitrogens with zero attached hydrogens (tertiary/aromatic N) is 2. The standard InChI is InChI=1S/C12H15N3O/c1-7-8(2)14-15(9(7)3)11-5-4-10(13)6-12(11)16/h4-6,16H,13H2,1-3H3. The summed E-state index contributed by atoms with van der Waals surface area (Å²) in [4.78, 5) is 0. The van der Waals surface area contributed by atoms with Crippen LogP contribution in [0.4, 0.5) is 5.69 Å². The molecule has 16 heavy (non-hydrogen) atoms. The zero-order valence-corrected chi connectivity index (χ0v) is 9.65. The largest absolute Gasteiger partial charge is 0.506 e. The molecule has 0 aliphatic carbocycles. The summed E-state index contributed by atoms with van der Waals surface area (Å²) in [7, 11) is 0. The van der Waals surface area contributed by atoms with Crippen LogP contribution in [-0.4, -0.2) is 14.9 Å². The number of phenols is 1. The Hall–Kier alpha value is -1.97. The Morgan fingerprint density at radius 3 is 2.44 bits per heavy atom. The maximum absolute atomic E-state index is 9.83. The summed E-state index contributed by atoms with van der Waals surface area (Å²) in [5.41, 5.74) is 9.91. The summed E-state index contributed by atoms with van der Waals surface area (Å²) in [6, 6.07) is 5.05. The first-order chi connectivity index (χ1) is 7.50. The molecule has 0 saturated carbocycles. The van der Waals surface area contributed by atoms with Gasteiger partial charge in [0.15, 0.2) is 0 Å². The predicted molar refractivity (Wildman–Crippen MR) is 63.9 cm³/mol. The summed E-state index contributed by atoms with van der Waals surface area (Å²) in [6.45, 7) is 5.95. The summed E-state index contributed by atoms with van der Waals surface area (Å²) in [6.07, 6.45) is 0. The fourth-order valence-electron chi connectivity index (χ4n) is 1.67. The first kappa shape index (κ1) is 10.5. The molecule has 4 nitrogen and oxygen atoms in total. The third-order valence-electron chi connectivity index (χ3n) is 2.88. The lowest BCUT2D eigenvalue weighted by Gasteiger charge is -2.07. The topological polar surface area (TPSA) is 64.1 Å². The van der Waals surface area contributed by atoms with E-state index in [0.717, 1.165) is 17.0 Å². The molecule has 0 aliphatic rings. The lowest BCUT2D eigenvalue weighted by atomic mass is 10.2. The molecule has 0 radical (unpaired) electrons. The van der Waals surface area contributed by atoms with Crippen molar-refractivity contribution in [2.24, 2.45) is 0 Å². The van der Waals surface area contributed by atoms with Crippen molar-refractivity contribution >= 4 is 5.69 Å². The van der Waals surface area contributed by atoms with Crippen LogP contribution in [0.25, 0.3) is 5.69 Å². The lowest BCUT2D eigenvalue weighted by molar-refractivity contribution is 0.470. The molecule has 0 fully saturated rings. The van der Waals surface area contributed by atoms with Crippen molar-refractivity contribution in [1.29, 1.82) is 0 Å². The van der Waals surface area contributed by atoms with Crippen molar-refractivity contribution in [2.75, 3.05) is 5.73 Å². The van der Waals surface area contributed by atoms with Crippen LogP contribution in [0.5, 0.6) is 5.75 Å². The quantitative estimate of drug-likeness (QED) is 0.719. The molecule has 0 unspecified atom stereocenters. The highest BCUT2D eigenvalue weighted by Gasteiger charge is 2.11. The normalized spacial score (nSPS) is 10.7. The summed E-state index contributed by atoms with van der Waals surface area (Å²) in [5, 5.41) is 14.2. The van der Waals surface area contributed by atoms with Gasteiger partial charge in [-0.05, 0) is 38.5 Å². The summed E-state index contributed by atoms with van der Waals surface area (Å²) >= 11 is 0. The third kappa shape index (κ3) is 1.52. The van der Waals surface area contributed by atoms with Crippen LogP contribution < -0.4 is 5.73 Å². The van der Waals surface area contributed by atoms with Crippen LogP contribution in [0, 0.1) is 20.8 Å². The molecule has 0 amide bonds. The van der Waals surface area contributed by atoms with Crippen LogP contribution in [0.15, 0.2) is 18.2 Å². The Bertz CT molecular complexity index is 543. The number of aryl methyl sites for hydroxylation is 1. The minimum Gasteiger partial charge on any atom is -0.506 e. The molecule has 0 atom stereocenters. The van der Waals surface area contributed by atoms with Gasteiger partial charge in [-0.25, -0.2) is 4.68 Å². The molecular formula is C12H15N3O. The van der Waals surface area contributed by atoms with Gasteiger partial charge in [-0.2, -0.15) is 5.10 Å². The van der Waals surface area contributed by atoms with Gasteiger partial charge in [0.1, 0.15) is 11.4 Å². The molecule has 0 aliphatic heterocycles. The molecule has 2 rings (SSSR count). The predicted octanol–water partition coefficient (Wildman–Crippen LogP) is 2.09. The van der Waals surface area contributed by atoms with E-state index < -0.39 is 0 Å². The molecule has 0 saturated heterocycles. The Morgan fingerprint density at radius 1 is 1.25 bits per heavy atom. The minimum absolute atomic E-state index is 0.144. The van der Waals surface area contributed by atoms with Gasteiger partial charge < -0.3 is 10.8 Å². The number of nitrogens with two attached hydrogens (primary N) is 1. The molecule has 0 bridgehead atoms. The van der Waals surface area contributed by atoms with E-state index in [-0.39, 0.29) is 5.75 Å². The first-order valence-corrected chi connectivity index (χ1v) is 5.12. The van der Waals surface area contributed by atoms with Gasteiger partial charge in [-0.1, -0.05) is 0 Å². The third-order valence-corrected chi connectivity index (χ3v) is 2.88. The van der Waals surface area contributed by atoms with Crippen molar-refractivity contribution in [3.05, 3.63) is 35.2 Å². The zero-order chi connectivity index (χ0) is 11.9. The highest BCUT2D eigenvalue weighted by molar-refractivity contribution is 5.55. The van der Waals surface area contributed by atoms with Crippen LogP contribution in [0.2, 0.25) is 0 Å². The Labute approximate surface area is 94.3 Å². The van der Waals surface area contributed by atoms with Gasteiger partial charge in [0.25, 0.3) is 0 Å². The fraction of sp³-hybridized carbons (Fsp3) is 0.250. The van der Waals surface area contributed by atoms with Gasteiger partial charge >= 0.3 is 0 Å². The molecule has 1 aromatic heterocycles. The van der Waals surface area contributed by atoms with Crippen molar-refractivity contribution < 1.29 is 5.11 Å². The zero-order valence-electron chi connectivity index (χ0n) is 9.65. The van der Waals surface area contributed by atoms with E-state index in [2.05, 4.69) is 5.10 Å². The Balaban J connectivity index is 2.63. The Kier molecular flexibility index (Phi) is 2.34. The van der Waals surface area contributed by atoms with E-state index >= 15 is 0 Å². The highest BCUT2D eigenvalue weighted by atomic mass is 16.3. The first-order valence-electron chi connectivity index (χ1n) is 5.12. The van der Waals surface area contributed by atoms with Gasteiger partial charge in [-0.15, -0.1) is 0 Å². The maximum atomic E-state index is 9.83. The number of hydrogen-bond acceptors (Lipinski definition) is 3. The van der Waals surface area contributed by atoms with Gasteiger partial charge in [0, 0.05) is 17.4 Å². The summed E-state index contributed by atoms with van der Waals surface area (Å²) in [5.74, 6) is 0.144. The van der Waals surface area contributed by atoms with Crippen molar-refractivity contribution in [1.82, 2.24) is 9.78 Å². The van der Waals surface area contributed by atoms with Gasteiger partial charge in [0.05, 0.1) is 5.69 Å². The van der Waals surface area contributed by atoms with Crippen LogP contribution in [0.1, 0.15) is 17.0 Å². The van der Waals surface area contributed by atoms with Crippen LogP contribution in [-0.2, 0) is 0 Å². The maximum Gasteiger partial charge on any atom is 0.143 e. The number of aromatic hydroxyl groups is 1. The average molecular weight is 217 g/mol. The lowest BCUT2D eigenvalue weighted by Crippen LogP contribution is -2.00.